The fraction of sp³-hybridized carbons (Fsp3) is 0.389. The minimum absolute atomic E-state index is 0.523. The van der Waals surface area contributed by atoms with Crippen molar-refractivity contribution in [3.05, 3.63) is 53.2 Å². The number of hydrogen-bond acceptors (Lipinski definition) is 2. The highest BCUT2D eigenvalue weighted by Crippen LogP contribution is 2.24. The molecule has 1 aromatic carbocycles. The van der Waals surface area contributed by atoms with Crippen LogP contribution >= 0.6 is 11.6 Å². The third-order valence-corrected chi connectivity index (χ3v) is 3.97. The van der Waals surface area contributed by atoms with Gasteiger partial charge in [0.25, 0.3) is 0 Å². The Morgan fingerprint density at radius 1 is 1.05 bits per heavy atom. The lowest BCUT2D eigenvalue weighted by atomic mass is 10.1. The van der Waals surface area contributed by atoms with Gasteiger partial charge in [-0.05, 0) is 48.2 Å². The molecule has 0 aliphatic rings. The molecule has 1 heterocycles. The molecule has 112 valence electrons. The largest absolute Gasteiger partial charge is 0.329 e. The summed E-state index contributed by atoms with van der Waals surface area (Å²) in [6, 6.07) is 12.8. The van der Waals surface area contributed by atoms with Crippen LogP contribution in [0.15, 0.2) is 36.4 Å². The zero-order valence-corrected chi connectivity index (χ0v) is 13.8. The van der Waals surface area contributed by atoms with Crippen molar-refractivity contribution < 1.29 is 0 Å². The van der Waals surface area contributed by atoms with Gasteiger partial charge in [-0.25, -0.2) is 4.98 Å². The van der Waals surface area contributed by atoms with Gasteiger partial charge < -0.3 is 4.90 Å². The molecule has 0 radical (unpaired) electrons. The molecule has 0 spiro atoms. The van der Waals surface area contributed by atoms with Gasteiger partial charge in [-0.1, -0.05) is 32.4 Å². The molecule has 0 N–H and O–H groups in total. The molecule has 1 aromatic heterocycles. The Hall–Kier alpha value is -1.54. The van der Waals surface area contributed by atoms with Crippen LogP contribution in [0.25, 0.3) is 0 Å². The normalized spacial score (nSPS) is 10.7. The Balaban J connectivity index is 2.31. The van der Waals surface area contributed by atoms with Crippen LogP contribution in [0.1, 0.15) is 37.1 Å². The number of halogens is 1. The molecule has 2 nitrogen and oxygen atoms in total. The zero-order chi connectivity index (χ0) is 15.2. The fourth-order valence-corrected chi connectivity index (χ4v) is 2.51. The van der Waals surface area contributed by atoms with E-state index < -0.39 is 0 Å². The smallest absolute Gasteiger partial charge is 0.133 e. The van der Waals surface area contributed by atoms with E-state index in [-0.39, 0.29) is 0 Å². The Morgan fingerprint density at radius 2 is 1.76 bits per heavy atom. The average Bonchev–Trinajstić information content (AvgIpc) is 2.54. The molecule has 3 heteroatoms. The SMILES string of the molecule is CCCc1cc(CCl)cc(N(C)c2ccc(CC)cc2)n1. The molecule has 0 bridgehead atoms. The van der Waals surface area contributed by atoms with Gasteiger partial charge in [-0.3, -0.25) is 0 Å². The summed E-state index contributed by atoms with van der Waals surface area (Å²) in [4.78, 5) is 6.88. The maximum atomic E-state index is 6.02. The average molecular weight is 303 g/mol. The van der Waals surface area contributed by atoms with Gasteiger partial charge in [0, 0.05) is 24.3 Å². The highest BCUT2D eigenvalue weighted by molar-refractivity contribution is 6.17. The summed E-state index contributed by atoms with van der Waals surface area (Å²) in [7, 11) is 2.05. The molecule has 0 aliphatic carbocycles. The minimum atomic E-state index is 0.523. The Kier molecular flexibility index (Phi) is 5.63. The second-order valence-corrected chi connectivity index (χ2v) is 5.55. The van der Waals surface area contributed by atoms with Crippen molar-refractivity contribution in [2.24, 2.45) is 0 Å². The number of aryl methyl sites for hydroxylation is 2. The second kappa shape index (κ2) is 7.46. The second-order valence-electron chi connectivity index (χ2n) is 5.29. The zero-order valence-electron chi connectivity index (χ0n) is 13.1. The number of anilines is 2. The van der Waals surface area contributed by atoms with Gasteiger partial charge in [-0.15, -0.1) is 11.6 Å². The number of alkyl halides is 1. The highest BCUT2D eigenvalue weighted by Gasteiger charge is 2.08. The van der Waals surface area contributed by atoms with E-state index in [0.29, 0.717) is 5.88 Å². The van der Waals surface area contributed by atoms with Gasteiger partial charge in [-0.2, -0.15) is 0 Å². The van der Waals surface area contributed by atoms with Crippen molar-refractivity contribution in [2.45, 2.75) is 39.0 Å². The van der Waals surface area contributed by atoms with Crippen LogP contribution in [-0.4, -0.2) is 12.0 Å². The first-order chi connectivity index (χ1) is 10.2. The molecule has 0 unspecified atom stereocenters. The minimum Gasteiger partial charge on any atom is -0.329 e. The fourth-order valence-electron chi connectivity index (χ4n) is 2.35. The monoisotopic (exact) mass is 302 g/mol. The van der Waals surface area contributed by atoms with Crippen LogP contribution in [-0.2, 0) is 18.7 Å². The highest BCUT2D eigenvalue weighted by atomic mass is 35.5. The Bertz CT molecular complexity index is 578. The number of hydrogen-bond donors (Lipinski definition) is 0. The summed E-state index contributed by atoms with van der Waals surface area (Å²) in [5.74, 6) is 1.48. The van der Waals surface area contributed by atoms with Crippen molar-refractivity contribution >= 4 is 23.1 Å². The standard InChI is InChI=1S/C18H23ClN2/c1-4-6-16-11-15(13-19)12-18(20-16)21(3)17-9-7-14(5-2)8-10-17/h7-12H,4-6,13H2,1-3H3. The van der Waals surface area contributed by atoms with Crippen molar-refractivity contribution in [1.82, 2.24) is 4.98 Å². The van der Waals surface area contributed by atoms with Gasteiger partial charge in [0.1, 0.15) is 5.82 Å². The summed E-state index contributed by atoms with van der Waals surface area (Å²) in [5, 5.41) is 0. The summed E-state index contributed by atoms with van der Waals surface area (Å²) >= 11 is 6.02. The molecule has 0 atom stereocenters. The lowest BCUT2D eigenvalue weighted by molar-refractivity contribution is 0.875. The first-order valence-electron chi connectivity index (χ1n) is 7.56. The van der Waals surface area contributed by atoms with Crippen molar-refractivity contribution in [3.8, 4) is 0 Å². The van der Waals surface area contributed by atoms with Crippen molar-refractivity contribution in [1.29, 1.82) is 0 Å². The lowest BCUT2D eigenvalue weighted by Gasteiger charge is -2.20. The van der Waals surface area contributed by atoms with Crippen LogP contribution in [0.4, 0.5) is 11.5 Å². The Morgan fingerprint density at radius 3 is 2.33 bits per heavy atom. The van der Waals surface area contributed by atoms with Crippen molar-refractivity contribution in [2.75, 3.05) is 11.9 Å². The van der Waals surface area contributed by atoms with Crippen LogP contribution in [0.2, 0.25) is 0 Å². The Labute approximate surface area is 132 Å². The molecule has 21 heavy (non-hydrogen) atoms. The maximum absolute atomic E-state index is 6.02. The lowest BCUT2D eigenvalue weighted by Crippen LogP contribution is -2.12. The van der Waals surface area contributed by atoms with E-state index in [0.717, 1.165) is 42.0 Å². The molecule has 2 rings (SSSR count). The molecule has 0 amide bonds. The molecule has 0 saturated heterocycles. The number of pyridine rings is 1. The van der Waals surface area contributed by atoms with Gasteiger partial charge in [0.05, 0.1) is 0 Å². The van der Waals surface area contributed by atoms with Crippen LogP contribution in [0.3, 0.4) is 0 Å². The van der Waals surface area contributed by atoms with E-state index in [4.69, 9.17) is 16.6 Å². The summed E-state index contributed by atoms with van der Waals surface area (Å²) in [6.07, 6.45) is 3.14. The van der Waals surface area contributed by atoms with E-state index in [1.165, 1.54) is 5.56 Å². The first-order valence-corrected chi connectivity index (χ1v) is 8.09. The maximum Gasteiger partial charge on any atom is 0.133 e. The van der Waals surface area contributed by atoms with E-state index in [9.17, 15) is 0 Å². The van der Waals surface area contributed by atoms with Gasteiger partial charge in [0.15, 0.2) is 0 Å². The molecule has 0 aliphatic heterocycles. The van der Waals surface area contributed by atoms with Gasteiger partial charge >= 0.3 is 0 Å². The van der Waals surface area contributed by atoms with Gasteiger partial charge in [0.2, 0.25) is 0 Å². The number of benzene rings is 1. The van der Waals surface area contributed by atoms with Crippen molar-refractivity contribution in [3.63, 3.8) is 0 Å². The number of aromatic nitrogens is 1. The van der Waals surface area contributed by atoms with Crippen LogP contribution in [0.5, 0.6) is 0 Å². The predicted molar refractivity (Wildman–Crippen MR) is 91.7 cm³/mol. The molecular formula is C18H23ClN2. The van der Waals surface area contributed by atoms with Crippen LogP contribution < -0.4 is 4.90 Å². The van der Waals surface area contributed by atoms with E-state index in [1.807, 2.05) is 0 Å². The summed E-state index contributed by atoms with van der Waals surface area (Å²) in [6.45, 7) is 4.34. The van der Waals surface area contributed by atoms with E-state index >= 15 is 0 Å². The third kappa shape index (κ3) is 3.98. The summed E-state index contributed by atoms with van der Waals surface area (Å²) in [5.41, 5.74) is 4.74. The molecule has 2 aromatic rings. The van der Waals surface area contributed by atoms with E-state index in [2.05, 4.69) is 62.2 Å². The van der Waals surface area contributed by atoms with E-state index in [1.54, 1.807) is 0 Å². The summed E-state index contributed by atoms with van der Waals surface area (Å²) < 4.78 is 0. The topological polar surface area (TPSA) is 16.1 Å². The third-order valence-electron chi connectivity index (χ3n) is 3.66. The van der Waals surface area contributed by atoms with Crippen LogP contribution in [0, 0.1) is 0 Å². The molecule has 0 fully saturated rings. The molecular weight excluding hydrogens is 280 g/mol. The first kappa shape index (κ1) is 15.8. The molecule has 0 saturated carbocycles. The predicted octanol–water partition coefficient (Wildman–Crippen LogP) is 5.10. The quantitative estimate of drug-likeness (QED) is 0.690. The number of rotatable bonds is 6. The number of nitrogens with zero attached hydrogens (tertiary/aromatic N) is 2.